The van der Waals surface area contributed by atoms with E-state index in [0.29, 0.717) is 17.8 Å². The fourth-order valence-electron chi connectivity index (χ4n) is 3.24. The van der Waals surface area contributed by atoms with Crippen LogP contribution in [-0.2, 0) is 20.7 Å². The molecule has 2 atom stereocenters. The summed E-state index contributed by atoms with van der Waals surface area (Å²) < 4.78 is 4.72. The third kappa shape index (κ3) is 7.53. The Bertz CT molecular complexity index is 895. The number of carboxylic acid groups (broad SMARTS) is 1. The maximum absolute atomic E-state index is 13.1. The highest BCUT2D eigenvalue weighted by Gasteiger charge is 2.25. The number of aliphatic carboxylic acids is 1. The number of carbonyl (C=O) groups excluding carboxylic acids is 2. The first-order valence-corrected chi connectivity index (χ1v) is 10.3. The van der Waals surface area contributed by atoms with Crippen molar-refractivity contribution < 1.29 is 24.2 Å². The van der Waals surface area contributed by atoms with Crippen molar-refractivity contribution in [2.75, 3.05) is 19.0 Å². The Hall–Kier alpha value is -3.19. The molecule has 0 saturated heterocycles. The normalized spacial score (nSPS) is 12.6. The molecule has 0 aromatic heterocycles. The van der Waals surface area contributed by atoms with Crippen molar-refractivity contribution in [1.29, 1.82) is 0 Å². The largest absolute Gasteiger partial charge is 0.481 e. The summed E-state index contributed by atoms with van der Waals surface area (Å²) >= 11 is 0. The van der Waals surface area contributed by atoms with E-state index in [9.17, 15) is 19.5 Å². The van der Waals surface area contributed by atoms with E-state index in [2.05, 4.69) is 34.9 Å². The summed E-state index contributed by atoms with van der Waals surface area (Å²) in [5.74, 6) is -1.85. The number of methoxy groups -OCH3 is 1. The molecule has 2 aromatic rings. The molecule has 0 aliphatic carbocycles. The second-order valence-corrected chi connectivity index (χ2v) is 7.49. The number of carboxylic acids is 1. The number of anilines is 1. The first-order chi connectivity index (χ1) is 14.8. The summed E-state index contributed by atoms with van der Waals surface area (Å²) in [5, 5.41) is 15.4. The summed E-state index contributed by atoms with van der Waals surface area (Å²) in [6.45, 7) is 4.17. The molecule has 1 unspecified atom stereocenters. The number of esters is 1. The average molecular weight is 427 g/mol. The number of ether oxygens (including phenoxy) is 1. The zero-order chi connectivity index (χ0) is 22.8. The molecular formula is C24H30N2O5. The number of rotatable bonds is 12. The molecule has 3 N–H and O–H groups in total. The number of benzene rings is 2. The van der Waals surface area contributed by atoms with Crippen LogP contribution < -0.4 is 10.6 Å². The van der Waals surface area contributed by atoms with E-state index in [4.69, 9.17) is 4.74 Å². The van der Waals surface area contributed by atoms with Crippen molar-refractivity contribution in [3.8, 4) is 0 Å². The monoisotopic (exact) mass is 426 g/mol. The van der Waals surface area contributed by atoms with Crippen molar-refractivity contribution in [3.63, 3.8) is 0 Å². The molecule has 2 rings (SSSR count). The minimum Gasteiger partial charge on any atom is -0.481 e. The molecule has 0 heterocycles. The Morgan fingerprint density at radius 3 is 2.39 bits per heavy atom. The van der Waals surface area contributed by atoms with Gasteiger partial charge >= 0.3 is 11.9 Å². The standard InChI is InChI=1S/C24H30N2O5/c1-16-10-12-18(13-11-16)7-6-14-25-21(15-22(27)28)23(29)19-8-4-5-9-20(19)26-17(2)24(30)31-3/h4-5,8-13,17,21,25-26H,6-7,14-15H2,1-3H3,(H,27,28)/t17?,21-/m0/s1. The van der Waals surface area contributed by atoms with Gasteiger partial charge in [0.1, 0.15) is 6.04 Å². The van der Waals surface area contributed by atoms with Crippen molar-refractivity contribution >= 4 is 23.4 Å². The number of ketones is 1. The molecular weight excluding hydrogens is 396 g/mol. The number of carbonyl (C=O) groups is 3. The number of hydrogen-bond donors (Lipinski definition) is 3. The third-order valence-corrected chi connectivity index (χ3v) is 4.97. The van der Waals surface area contributed by atoms with Gasteiger partial charge in [0.2, 0.25) is 0 Å². The lowest BCUT2D eigenvalue weighted by Gasteiger charge is -2.20. The van der Waals surface area contributed by atoms with Gasteiger partial charge < -0.3 is 20.5 Å². The maximum Gasteiger partial charge on any atom is 0.327 e. The van der Waals surface area contributed by atoms with Gasteiger partial charge in [-0.2, -0.15) is 0 Å². The number of hydrogen-bond acceptors (Lipinski definition) is 6. The highest BCUT2D eigenvalue weighted by Crippen LogP contribution is 2.19. The summed E-state index contributed by atoms with van der Waals surface area (Å²) in [6.07, 6.45) is 1.27. The average Bonchev–Trinajstić information content (AvgIpc) is 2.76. The second-order valence-electron chi connectivity index (χ2n) is 7.49. The fraction of sp³-hybridized carbons (Fsp3) is 0.375. The molecule has 0 saturated carbocycles. The van der Waals surface area contributed by atoms with Crippen LogP contribution in [0.1, 0.15) is 41.3 Å². The molecule has 0 aliphatic rings. The molecule has 0 fully saturated rings. The van der Waals surface area contributed by atoms with Gasteiger partial charge in [0.25, 0.3) is 0 Å². The lowest BCUT2D eigenvalue weighted by molar-refractivity contribution is -0.141. The van der Waals surface area contributed by atoms with Gasteiger partial charge in [-0.05, 0) is 50.9 Å². The topological polar surface area (TPSA) is 105 Å². The molecule has 0 aliphatic heterocycles. The van der Waals surface area contributed by atoms with Crippen LogP contribution in [0.25, 0.3) is 0 Å². The first kappa shape index (κ1) is 24.1. The quantitative estimate of drug-likeness (QED) is 0.272. The molecule has 7 heteroatoms. The van der Waals surface area contributed by atoms with Gasteiger partial charge in [0.15, 0.2) is 5.78 Å². The van der Waals surface area contributed by atoms with E-state index in [1.165, 1.54) is 18.2 Å². The molecule has 31 heavy (non-hydrogen) atoms. The van der Waals surface area contributed by atoms with Crippen molar-refractivity contribution in [2.45, 2.75) is 45.2 Å². The van der Waals surface area contributed by atoms with Gasteiger partial charge in [-0.25, -0.2) is 4.79 Å². The number of aryl methyl sites for hydroxylation is 2. The van der Waals surface area contributed by atoms with E-state index in [1.807, 2.05) is 6.92 Å². The zero-order valence-electron chi connectivity index (χ0n) is 18.2. The molecule has 0 bridgehead atoms. The Kier molecular flexibility index (Phi) is 9.21. The highest BCUT2D eigenvalue weighted by molar-refractivity contribution is 6.06. The first-order valence-electron chi connectivity index (χ1n) is 10.3. The van der Waals surface area contributed by atoms with Crippen molar-refractivity contribution in [1.82, 2.24) is 5.32 Å². The maximum atomic E-state index is 13.1. The molecule has 7 nitrogen and oxygen atoms in total. The lowest BCUT2D eigenvalue weighted by atomic mass is 9.99. The number of nitrogens with one attached hydrogen (secondary N) is 2. The zero-order valence-corrected chi connectivity index (χ0v) is 18.2. The minimum atomic E-state index is -1.06. The smallest absolute Gasteiger partial charge is 0.327 e. The van der Waals surface area contributed by atoms with E-state index in [-0.39, 0.29) is 12.2 Å². The van der Waals surface area contributed by atoms with Gasteiger partial charge in [-0.1, -0.05) is 42.0 Å². The molecule has 2 aromatic carbocycles. The third-order valence-electron chi connectivity index (χ3n) is 4.97. The second kappa shape index (κ2) is 11.9. The van der Waals surface area contributed by atoms with Crippen LogP contribution in [0.15, 0.2) is 48.5 Å². The van der Waals surface area contributed by atoms with Crippen molar-refractivity contribution in [2.24, 2.45) is 0 Å². The van der Waals surface area contributed by atoms with Crippen molar-refractivity contribution in [3.05, 3.63) is 65.2 Å². The Morgan fingerprint density at radius 1 is 1.06 bits per heavy atom. The summed E-state index contributed by atoms with van der Waals surface area (Å²) in [4.78, 5) is 36.2. The highest BCUT2D eigenvalue weighted by atomic mass is 16.5. The van der Waals surface area contributed by atoms with E-state index in [0.717, 1.165) is 12.8 Å². The summed E-state index contributed by atoms with van der Waals surface area (Å²) in [7, 11) is 1.29. The fourth-order valence-corrected chi connectivity index (χ4v) is 3.24. The molecule has 0 radical (unpaired) electrons. The minimum absolute atomic E-state index is 0.329. The van der Waals surface area contributed by atoms with E-state index in [1.54, 1.807) is 31.2 Å². The van der Waals surface area contributed by atoms with Crippen LogP contribution in [0.3, 0.4) is 0 Å². The predicted octanol–water partition coefficient (Wildman–Crippen LogP) is 3.22. The molecule has 0 amide bonds. The van der Waals surface area contributed by atoms with E-state index >= 15 is 0 Å². The Morgan fingerprint density at radius 2 is 1.74 bits per heavy atom. The predicted molar refractivity (Wildman–Crippen MR) is 119 cm³/mol. The molecule has 0 spiro atoms. The lowest BCUT2D eigenvalue weighted by Crippen LogP contribution is -2.40. The van der Waals surface area contributed by atoms with Crippen LogP contribution in [0.4, 0.5) is 5.69 Å². The van der Waals surface area contributed by atoms with Crippen LogP contribution >= 0.6 is 0 Å². The Balaban J connectivity index is 2.06. The number of para-hydroxylation sites is 1. The number of Topliss-reactive ketones (excluding diaryl/α,β-unsaturated/α-hetero) is 1. The van der Waals surface area contributed by atoms with Gasteiger partial charge in [0, 0.05) is 11.3 Å². The summed E-state index contributed by atoms with van der Waals surface area (Å²) in [6, 6.07) is 13.5. The van der Waals surface area contributed by atoms with Crippen LogP contribution in [0.5, 0.6) is 0 Å². The van der Waals surface area contributed by atoms with Gasteiger partial charge in [-0.15, -0.1) is 0 Å². The van der Waals surface area contributed by atoms with Gasteiger partial charge in [-0.3, -0.25) is 9.59 Å². The van der Waals surface area contributed by atoms with Crippen LogP contribution in [-0.4, -0.2) is 48.6 Å². The van der Waals surface area contributed by atoms with Crippen LogP contribution in [0, 0.1) is 6.92 Å². The van der Waals surface area contributed by atoms with Crippen LogP contribution in [0.2, 0.25) is 0 Å². The Labute approximate surface area is 182 Å². The SMILES string of the molecule is COC(=O)C(C)Nc1ccccc1C(=O)[C@H](CC(=O)O)NCCCc1ccc(C)cc1. The van der Waals surface area contributed by atoms with E-state index < -0.39 is 24.0 Å². The van der Waals surface area contributed by atoms with Gasteiger partial charge in [0.05, 0.1) is 19.6 Å². The summed E-state index contributed by atoms with van der Waals surface area (Å²) in [5.41, 5.74) is 3.18. The molecule has 166 valence electrons.